The van der Waals surface area contributed by atoms with Crippen molar-refractivity contribution >= 4 is 11.6 Å². The molecule has 80 valence electrons. The highest BCUT2D eigenvalue weighted by Gasteiger charge is 2.42. The van der Waals surface area contributed by atoms with E-state index in [1.54, 1.807) is 0 Å². The minimum Gasteiger partial charge on any atom is -0.448 e. The zero-order valence-electron chi connectivity index (χ0n) is 8.25. The van der Waals surface area contributed by atoms with E-state index in [4.69, 9.17) is 21.1 Å². The van der Waals surface area contributed by atoms with Crippen LogP contribution in [0.5, 0.6) is 11.5 Å². The molecule has 2 heterocycles. The summed E-state index contributed by atoms with van der Waals surface area (Å²) in [5.41, 5.74) is 0. The summed E-state index contributed by atoms with van der Waals surface area (Å²) in [5.74, 6) is 1.13. The molecule has 0 saturated carbocycles. The first-order chi connectivity index (χ1) is 7.27. The summed E-state index contributed by atoms with van der Waals surface area (Å²) in [5, 5.41) is 3.97. The Morgan fingerprint density at radius 2 is 1.87 bits per heavy atom. The first kappa shape index (κ1) is 9.31. The summed E-state index contributed by atoms with van der Waals surface area (Å²) in [7, 11) is 0. The number of piperidine rings is 1. The maximum absolute atomic E-state index is 5.90. The summed E-state index contributed by atoms with van der Waals surface area (Å²) >= 11 is 5.90. The van der Waals surface area contributed by atoms with E-state index in [9.17, 15) is 0 Å². The number of benzene rings is 1. The van der Waals surface area contributed by atoms with Gasteiger partial charge in [-0.2, -0.15) is 0 Å². The maximum atomic E-state index is 5.90. The Kier molecular flexibility index (Phi) is 2.04. The molecule has 0 atom stereocenters. The summed E-state index contributed by atoms with van der Waals surface area (Å²) in [6.07, 6.45) is 1.75. The standard InChI is InChI=1S/C11H12ClNO2/c12-8-1-2-9-10(7-8)15-11(14-9)3-5-13-6-4-11/h1-2,7,13H,3-6H2. The van der Waals surface area contributed by atoms with Crippen molar-refractivity contribution in [2.24, 2.45) is 0 Å². The SMILES string of the molecule is Clc1ccc2c(c1)OC1(CCNCC1)O2. The normalized spacial score (nSPS) is 21.9. The molecule has 15 heavy (non-hydrogen) atoms. The van der Waals surface area contributed by atoms with E-state index < -0.39 is 5.79 Å². The van der Waals surface area contributed by atoms with Crippen LogP contribution < -0.4 is 14.8 Å². The van der Waals surface area contributed by atoms with Gasteiger partial charge in [-0.25, -0.2) is 0 Å². The Hall–Kier alpha value is -0.930. The lowest BCUT2D eigenvalue weighted by atomic mass is 10.1. The third-order valence-electron chi connectivity index (χ3n) is 2.86. The minimum absolute atomic E-state index is 0.446. The molecule has 2 aliphatic heterocycles. The predicted molar refractivity (Wildman–Crippen MR) is 57.5 cm³/mol. The van der Waals surface area contributed by atoms with Crippen LogP contribution in [0.3, 0.4) is 0 Å². The van der Waals surface area contributed by atoms with Gasteiger partial charge < -0.3 is 14.8 Å². The fraction of sp³-hybridized carbons (Fsp3) is 0.455. The van der Waals surface area contributed by atoms with Gasteiger partial charge in [-0.3, -0.25) is 0 Å². The quantitative estimate of drug-likeness (QED) is 0.734. The monoisotopic (exact) mass is 225 g/mol. The van der Waals surface area contributed by atoms with Crippen LogP contribution in [-0.4, -0.2) is 18.9 Å². The molecule has 4 heteroatoms. The second-order valence-corrected chi connectivity index (χ2v) is 4.39. The topological polar surface area (TPSA) is 30.5 Å². The van der Waals surface area contributed by atoms with Crippen molar-refractivity contribution in [3.63, 3.8) is 0 Å². The first-order valence-corrected chi connectivity index (χ1v) is 5.54. The van der Waals surface area contributed by atoms with E-state index in [1.165, 1.54) is 0 Å². The summed E-state index contributed by atoms with van der Waals surface area (Å²) in [4.78, 5) is 0. The van der Waals surface area contributed by atoms with Crippen LogP contribution in [0.1, 0.15) is 12.8 Å². The van der Waals surface area contributed by atoms with Crippen LogP contribution in [-0.2, 0) is 0 Å². The van der Waals surface area contributed by atoms with Crippen molar-refractivity contribution in [3.8, 4) is 11.5 Å². The molecule has 1 aromatic rings. The number of hydrogen-bond donors (Lipinski definition) is 1. The Morgan fingerprint density at radius 3 is 2.67 bits per heavy atom. The van der Waals surface area contributed by atoms with Gasteiger partial charge in [0.1, 0.15) is 0 Å². The van der Waals surface area contributed by atoms with E-state index in [0.717, 1.165) is 37.4 Å². The van der Waals surface area contributed by atoms with Gasteiger partial charge in [-0.1, -0.05) is 11.6 Å². The summed E-state index contributed by atoms with van der Waals surface area (Å²) in [6, 6.07) is 5.51. The number of halogens is 1. The lowest BCUT2D eigenvalue weighted by Gasteiger charge is -2.31. The van der Waals surface area contributed by atoms with Gasteiger partial charge in [-0.15, -0.1) is 0 Å². The van der Waals surface area contributed by atoms with Crippen LogP contribution in [0.25, 0.3) is 0 Å². The smallest absolute Gasteiger partial charge is 0.254 e. The molecule has 0 aromatic heterocycles. The number of hydrogen-bond acceptors (Lipinski definition) is 3. The molecule has 1 aromatic carbocycles. The molecule has 0 unspecified atom stereocenters. The van der Waals surface area contributed by atoms with Crippen LogP contribution >= 0.6 is 11.6 Å². The summed E-state index contributed by atoms with van der Waals surface area (Å²) in [6.45, 7) is 1.86. The number of nitrogens with one attached hydrogen (secondary N) is 1. The molecule has 2 aliphatic rings. The van der Waals surface area contributed by atoms with Crippen LogP contribution in [0.4, 0.5) is 0 Å². The van der Waals surface area contributed by atoms with Crippen molar-refractivity contribution in [2.45, 2.75) is 18.6 Å². The molecule has 1 saturated heterocycles. The molecular weight excluding hydrogens is 214 g/mol. The highest BCUT2D eigenvalue weighted by atomic mass is 35.5. The number of ether oxygens (including phenoxy) is 2. The molecule has 1 spiro atoms. The molecule has 0 aliphatic carbocycles. The zero-order valence-corrected chi connectivity index (χ0v) is 9.01. The first-order valence-electron chi connectivity index (χ1n) is 5.16. The second-order valence-electron chi connectivity index (χ2n) is 3.96. The van der Waals surface area contributed by atoms with E-state index in [-0.39, 0.29) is 0 Å². The molecule has 3 rings (SSSR count). The van der Waals surface area contributed by atoms with Gasteiger partial charge in [0, 0.05) is 37.0 Å². The predicted octanol–water partition coefficient (Wildman–Crippen LogP) is 2.19. The van der Waals surface area contributed by atoms with E-state index in [1.807, 2.05) is 18.2 Å². The minimum atomic E-state index is -0.446. The van der Waals surface area contributed by atoms with Crippen molar-refractivity contribution in [3.05, 3.63) is 23.2 Å². The third-order valence-corrected chi connectivity index (χ3v) is 3.10. The van der Waals surface area contributed by atoms with Crippen molar-refractivity contribution in [1.82, 2.24) is 5.32 Å². The van der Waals surface area contributed by atoms with Crippen molar-refractivity contribution in [1.29, 1.82) is 0 Å². The average molecular weight is 226 g/mol. The van der Waals surface area contributed by atoms with Gasteiger partial charge in [-0.05, 0) is 12.1 Å². The van der Waals surface area contributed by atoms with Gasteiger partial charge in [0.2, 0.25) is 0 Å². The molecule has 3 nitrogen and oxygen atoms in total. The highest BCUT2D eigenvalue weighted by Crippen LogP contribution is 2.43. The zero-order chi connectivity index (χ0) is 10.3. The highest BCUT2D eigenvalue weighted by molar-refractivity contribution is 6.30. The largest absolute Gasteiger partial charge is 0.448 e. The average Bonchev–Trinajstić information content (AvgIpc) is 2.56. The number of rotatable bonds is 0. The molecule has 0 radical (unpaired) electrons. The molecular formula is C11H12ClNO2. The van der Waals surface area contributed by atoms with Crippen LogP contribution in [0.2, 0.25) is 5.02 Å². The van der Waals surface area contributed by atoms with E-state index >= 15 is 0 Å². The molecule has 0 amide bonds. The van der Waals surface area contributed by atoms with E-state index in [0.29, 0.717) is 5.02 Å². The van der Waals surface area contributed by atoms with Gasteiger partial charge in [0.05, 0.1) is 0 Å². The number of fused-ring (bicyclic) bond motifs is 1. The molecule has 1 N–H and O–H groups in total. The van der Waals surface area contributed by atoms with Gasteiger partial charge in [0.25, 0.3) is 5.79 Å². The van der Waals surface area contributed by atoms with Gasteiger partial charge in [0.15, 0.2) is 11.5 Å². The maximum Gasteiger partial charge on any atom is 0.254 e. The van der Waals surface area contributed by atoms with Crippen molar-refractivity contribution < 1.29 is 9.47 Å². The van der Waals surface area contributed by atoms with Gasteiger partial charge >= 0.3 is 0 Å². The molecule has 0 bridgehead atoms. The molecule has 1 fully saturated rings. The fourth-order valence-corrected chi connectivity index (χ4v) is 2.24. The van der Waals surface area contributed by atoms with Crippen LogP contribution in [0.15, 0.2) is 18.2 Å². The fourth-order valence-electron chi connectivity index (χ4n) is 2.08. The lowest BCUT2D eigenvalue weighted by Crippen LogP contribution is -2.48. The summed E-state index contributed by atoms with van der Waals surface area (Å²) < 4.78 is 11.7. The van der Waals surface area contributed by atoms with Crippen molar-refractivity contribution in [2.75, 3.05) is 13.1 Å². The van der Waals surface area contributed by atoms with E-state index in [2.05, 4.69) is 5.32 Å². The Labute approximate surface area is 93.3 Å². The second kappa shape index (κ2) is 3.29. The Balaban J connectivity index is 1.90. The third kappa shape index (κ3) is 1.56. The van der Waals surface area contributed by atoms with Crippen LogP contribution in [0, 0.1) is 0 Å². The lowest BCUT2D eigenvalue weighted by molar-refractivity contribution is -0.0998. The Morgan fingerprint density at radius 1 is 1.13 bits per heavy atom. The Bertz CT molecular complexity index is 388.